The van der Waals surface area contributed by atoms with Crippen molar-refractivity contribution >= 4 is 17.7 Å². The summed E-state index contributed by atoms with van der Waals surface area (Å²) >= 11 is 0. The summed E-state index contributed by atoms with van der Waals surface area (Å²) in [6, 6.07) is 7.20. The fourth-order valence-electron chi connectivity index (χ4n) is 3.74. The number of rotatable bonds is 4. The number of likely N-dealkylation sites (N-methyl/N-ethyl adjacent to an activating group) is 1. The molecule has 2 N–H and O–H groups in total. The zero-order valence-electron chi connectivity index (χ0n) is 16.2. The molecule has 2 aliphatic rings. The highest BCUT2D eigenvalue weighted by molar-refractivity contribution is 5.96. The smallest absolute Gasteiger partial charge is 0.415 e. The topological polar surface area (TPSA) is 123 Å². The van der Waals surface area contributed by atoms with Gasteiger partial charge in [-0.2, -0.15) is 5.10 Å². The second kappa shape index (κ2) is 7.21. The number of ether oxygens (including phenoxy) is 2. The van der Waals surface area contributed by atoms with Gasteiger partial charge in [0.25, 0.3) is 5.91 Å². The van der Waals surface area contributed by atoms with E-state index < -0.39 is 12.2 Å². The second-order valence-corrected chi connectivity index (χ2v) is 6.96. The van der Waals surface area contributed by atoms with E-state index in [0.29, 0.717) is 42.5 Å². The summed E-state index contributed by atoms with van der Waals surface area (Å²) in [6.45, 7) is 2.88. The molecule has 2 amide bonds. The van der Waals surface area contributed by atoms with E-state index in [1.165, 1.54) is 4.90 Å². The SMILES string of the molecule is CCNC(=O)[C@H]1CN(c2ccc3c(c2)OCCc2c(-c4ccno4)n[nH]c2-3)C(=O)O1. The molecule has 5 rings (SSSR count). The quantitative estimate of drug-likeness (QED) is 0.677. The lowest BCUT2D eigenvalue weighted by molar-refractivity contribution is -0.127. The lowest BCUT2D eigenvalue weighted by Crippen LogP contribution is -2.37. The molecule has 154 valence electrons. The largest absolute Gasteiger partial charge is 0.492 e. The maximum absolute atomic E-state index is 12.3. The van der Waals surface area contributed by atoms with E-state index >= 15 is 0 Å². The van der Waals surface area contributed by atoms with Crippen molar-refractivity contribution in [2.75, 3.05) is 24.6 Å². The number of aromatic nitrogens is 3. The molecule has 30 heavy (non-hydrogen) atoms. The summed E-state index contributed by atoms with van der Waals surface area (Å²) in [5, 5.41) is 13.9. The van der Waals surface area contributed by atoms with E-state index in [1.54, 1.807) is 24.4 Å². The first-order valence-electron chi connectivity index (χ1n) is 9.67. The van der Waals surface area contributed by atoms with Gasteiger partial charge in [0, 0.05) is 36.2 Å². The van der Waals surface area contributed by atoms with Crippen molar-refractivity contribution in [3.05, 3.63) is 36.0 Å². The van der Waals surface area contributed by atoms with Gasteiger partial charge in [0.05, 0.1) is 30.7 Å². The number of nitrogens with one attached hydrogen (secondary N) is 2. The zero-order chi connectivity index (χ0) is 20.7. The number of carbonyl (C=O) groups is 2. The van der Waals surface area contributed by atoms with Crippen LogP contribution >= 0.6 is 0 Å². The lowest BCUT2D eigenvalue weighted by atomic mass is 10.0. The third kappa shape index (κ3) is 2.97. The molecule has 0 unspecified atom stereocenters. The summed E-state index contributed by atoms with van der Waals surface area (Å²) < 4.78 is 16.4. The third-order valence-corrected chi connectivity index (χ3v) is 5.15. The molecule has 10 nitrogen and oxygen atoms in total. The highest BCUT2D eigenvalue weighted by atomic mass is 16.6. The van der Waals surface area contributed by atoms with Crippen LogP contribution in [-0.4, -0.2) is 53.2 Å². The van der Waals surface area contributed by atoms with E-state index in [0.717, 1.165) is 16.8 Å². The second-order valence-electron chi connectivity index (χ2n) is 6.96. The van der Waals surface area contributed by atoms with Crippen molar-refractivity contribution in [2.45, 2.75) is 19.4 Å². The molecule has 3 aromatic rings. The molecule has 1 aromatic carbocycles. The maximum Gasteiger partial charge on any atom is 0.415 e. The molecular weight excluding hydrogens is 390 g/mol. The van der Waals surface area contributed by atoms with Crippen molar-refractivity contribution < 1.29 is 23.6 Å². The minimum Gasteiger partial charge on any atom is -0.492 e. The molecular formula is C20H19N5O5. The van der Waals surface area contributed by atoms with E-state index in [4.69, 9.17) is 14.0 Å². The van der Waals surface area contributed by atoms with Crippen LogP contribution in [0.2, 0.25) is 0 Å². The summed E-state index contributed by atoms with van der Waals surface area (Å²) in [4.78, 5) is 25.8. The number of carbonyl (C=O) groups excluding carboxylic acids is 2. The number of benzene rings is 1. The van der Waals surface area contributed by atoms with Crippen LogP contribution in [0, 0.1) is 0 Å². The van der Waals surface area contributed by atoms with Crippen molar-refractivity contribution in [1.29, 1.82) is 0 Å². The van der Waals surface area contributed by atoms with Crippen molar-refractivity contribution in [2.24, 2.45) is 0 Å². The molecule has 1 saturated heterocycles. The summed E-state index contributed by atoms with van der Waals surface area (Å²) in [5.41, 5.74) is 3.96. The molecule has 0 spiro atoms. The molecule has 0 radical (unpaired) electrons. The van der Waals surface area contributed by atoms with Gasteiger partial charge in [-0.1, -0.05) is 5.16 Å². The Kier molecular flexibility index (Phi) is 4.38. The average molecular weight is 409 g/mol. The fraction of sp³-hybridized carbons (Fsp3) is 0.300. The molecule has 2 aromatic heterocycles. The Labute approximate surface area is 171 Å². The van der Waals surface area contributed by atoms with E-state index in [9.17, 15) is 9.59 Å². The van der Waals surface area contributed by atoms with Crippen LogP contribution in [0.5, 0.6) is 5.75 Å². The highest BCUT2D eigenvalue weighted by Gasteiger charge is 2.37. The molecule has 1 fully saturated rings. The van der Waals surface area contributed by atoms with Crippen LogP contribution in [0.4, 0.5) is 10.5 Å². The predicted molar refractivity (Wildman–Crippen MR) is 105 cm³/mol. The summed E-state index contributed by atoms with van der Waals surface area (Å²) in [7, 11) is 0. The third-order valence-electron chi connectivity index (χ3n) is 5.15. The Morgan fingerprint density at radius 3 is 3.07 bits per heavy atom. The Morgan fingerprint density at radius 1 is 1.37 bits per heavy atom. The fourth-order valence-corrected chi connectivity index (χ4v) is 3.74. The average Bonchev–Trinajstić information content (AvgIpc) is 3.46. The standard InChI is InChI=1S/C20H19N5O5/c1-2-21-19(26)16-10-25(20(27)29-16)11-3-4-12-15(9-11)28-8-6-13-17(12)23-24-18(13)14-5-7-22-30-14/h3-5,7,9,16H,2,6,8,10H2,1H3,(H,21,26)(H,23,24)/t16-/m1/s1. The number of hydrogen-bond donors (Lipinski definition) is 2. The normalized spacial score (nSPS) is 17.6. The van der Waals surface area contributed by atoms with Gasteiger partial charge in [0.2, 0.25) is 0 Å². The Bertz CT molecular complexity index is 1110. The zero-order valence-corrected chi connectivity index (χ0v) is 16.2. The number of nitrogens with zero attached hydrogens (tertiary/aromatic N) is 3. The van der Waals surface area contributed by atoms with Crippen molar-refractivity contribution in [3.63, 3.8) is 0 Å². The van der Waals surface area contributed by atoms with Crippen LogP contribution in [-0.2, 0) is 16.0 Å². The van der Waals surface area contributed by atoms with Gasteiger partial charge < -0.3 is 19.3 Å². The van der Waals surface area contributed by atoms with Crippen molar-refractivity contribution in [3.8, 4) is 28.5 Å². The first-order chi connectivity index (χ1) is 14.7. The lowest BCUT2D eigenvalue weighted by Gasteiger charge is -2.16. The molecule has 0 aliphatic carbocycles. The molecule has 4 heterocycles. The predicted octanol–water partition coefficient (Wildman–Crippen LogP) is 2.13. The Balaban J connectivity index is 1.46. The van der Waals surface area contributed by atoms with E-state index in [2.05, 4.69) is 20.7 Å². The number of hydrogen-bond acceptors (Lipinski definition) is 7. The van der Waals surface area contributed by atoms with Crippen LogP contribution < -0.4 is 15.0 Å². The number of anilines is 1. The van der Waals surface area contributed by atoms with Gasteiger partial charge in [-0.3, -0.25) is 14.8 Å². The van der Waals surface area contributed by atoms with Crippen molar-refractivity contribution in [1.82, 2.24) is 20.7 Å². The van der Waals surface area contributed by atoms with Crippen LogP contribution in [0.15, 0.2) is 35.0 Å². The summed E-state index contributed by atoms with van der Waals surface area (Å²) in [6.07, 6.45) is 0.819. The molecule has 1 atom stereocenters. The number of aromatic amines is 1. The first-order valence-corrected chi connectivity index (χ1v) is 9.67. The molecule has 0 bridgehead atoms. The Morgan fingerprint density at radius 2 is 2.27 bits per heavy atom. The Hall–Kier alpha value is -3.82. The van der Waals surface area contributed by atoms with E-state index in [-0.39, 0.29) is 12.5 Å². The van der Waals surface area contributed by atoms with E-state index in [1.807, 2.05) is 13.0 Å². The monoisotopic (exact) mass is 409 g/mol. The molecule has 2 aliphatic heterocycles. The van der Waals surface area contributed by atoms with Crippen LogP contribution in [0.1, 0.15) is 12.5 Å². The number of fused-ring (bicyclic) bond motifs is 3. The minimum atomic E-state index is -0.833. The molecule has 0 saturated carbocycles. The van der Waals surface area contributed by atoms with Gasteiger partial charge in [-0.25, -0.2) is 4.79 Å². The molecule has 10 heteroatoms. The maximum atomic E-state index is 12.3. The number of amides is 2. The summed E-state index contributed by atoms with van der Waals surface area (Å²) in [5.74, 6) is 0.901. The van der Waals surface area contributed by atoms with Gasteiger partial charge >= 0.3 is 6.09 Å². The van der Waals surface area contributed by atoms with Gasteiger partial charge in [0.15, 0.2) is 11.9 Å². The van der Waals surface area contributed by atoms with Crippen LogP contribution in [0.3, 0.4) is 0 Å². The van der Waals surface area contributed by atoms with Gasteiger partial charge in [-0.15, -0.1) is 0 Å². The van der Waals surface area contributed by atoms with Gasteiger partial charge in [-0.05, 0) is 19.1 Å². The minimum absolute atomic E-state index is 0.147. The first kappa shape index (κ1) is 18.2. The van der Waals surface area contributed by atoms with Crippen LogP contribution in [0.25, 0.3) is 22.7 Å². The van der Waals surface area contributed by atoms with Gasteiger partial charge in [0.1, 0.15) is 11.4 Å². The highest BCUT2D eigenvalue weighted by Crippen LogP contribution is 2.40. The number of H-pyrrole nitrogens is 1. The number of cyclic esters (lactones) is 1.